The lowest BCUT2D eigenvalue weighted by molar-refractivity contribution is -0.213. The van der Waals surface area contributed by atoms with Crippen LogP contribution in [0.25, 0.3) is 11.8 Å². The molecule has 3 aliphatic heterocycles. The predicted molar refractivity (Wildman–Crippen MR) is 201 cm³/mol. The average molecular weight is 725 g/mol. The number of hydrogen-bond acceptors (Lipinski definition) is 10. The van der Waals surface area contributed by atoms with E-state index in [1.807, 2.05) is 46.8 Å². The quantitative estimate of drug-likeness (QED) is 0.140. The highest BCUT2D eigenvalue weighted by Gasteiger charge is 2.77. The van der Waals surface area contributed by atoms with E-state index in [9.17, 15) is 20.0 Å². The van der Waals surface area contributed by atoms with E-state index < -0.39 is 52.2 Å². The third-order valence-corrected chi connectivity index (χ3v) is 11.8. The van der Waals surface area contributed by atoms with E-state index in [-0.39, 0.29) is 29.6 Å². The number of rotatable bonds is 10. The molecule has 10 nitrogen and oxygen atoms in total. The molecular weight excluding hydrogens is 672 g/mol. The normalized spacial score (nSPS) is 30.6. The molecule has 0 radical (unpaired) electrons. The third kappa shape index (κ3) is 5.74. The van der Waals surface area contributed by atoms with Gasteiger partial charge >= 0.3 is 5.97 Å². The summed E-state index contributed by atoms with van der Waals surface area (Å²) < 4.78 is 32.0. The van der Waals surface area contributed by atoms with Gasteiger partial charge in [0.15, 0.2) is 17.0 Å². The highest BCUT2D eigenvalue weighted by molar-refractivity contribution is 6.02. The largest absolute Gasteiger partial charge is 0.495 e. The minimum Gasteiger partial charge on any atom is -0.495 e. The van der Waals surface area contributed by atoms with Gasteiger partial charge in [0.05, 0.1) is 25.9 Å². The van der Waals surface area contributed by atoms with Gasteiger partial charge in [-0.25, -0.2) is 4.79 Å². The van der Waals surface area contributed by atoms with Crippen molar-refractivity contribution in [1.82, 2.24) is 0 Å². The number of Topliss-reactive ketones (excluding diaryl/α,β-unsaturated/α-hetero) is 1. The van der Waals surface area contributed by atoms with Crippen LogP contribution in [0, 0.1) is 46.3 Å². The molecule has 10 heteroatoms. The van der Waals surface area contributed by atoms with Crippen LogP contribution in [0.4, 0.5) is 0 Å². The van der Waals surface area contributed by atoms with Crippen molar-refractivity contribution < 1.29 is 38.4 Å². The molecule has 0 amide bonds. The van der Waals surface area contributed by atoms with Crippen molar-refractivity contribution in [3.05, 3.63) is 63.3 Å². The van der Waals surface area contributed by atoms with E-state index >= 15 is 0 Å². The van der Waals surface area contributed by atoms with Crippen LogP contribution in [0.2, 0.25) is 0 Å². The maximum atomic E-state index is 14.9. The maximum absolute atomic E-state index is 14.9. The van der Waals surface area contributed by atoms with E-state index in [1.54, 1.807) is 14.0 Å². The summed E-state index contributed by atoms with van der Waals surface area (Å²) in [6.07, 6.45) is 11.8. The Morgan fingerprint density at radius 1 is 1.11 bits per heavy atom. The minimum absolute atomic E-state index is 0.0979. The van der Waals surface area contributed by atoms with Crippen LogP contribution < -0.4 is 14.2 Å². The van der Waals surface area contributed by atoms with Crippen LogP contribution in [0.3, 0.4) is 0 Å². The Morgan fingerprint density at radius 2 is 1.81 bits per heavy atom. The molecule has 3 fully saturated rings. The van der Waals surface area contributed by atoms with Gasteiger partial charge in [0.1, 0.15) is 40.1 Å². The molecule has 3 saturated carbocycles. The van der Waals surface area contributed by atoms with Crippen LogP contribution in [0.15, 0.2) is 46.6 Å². The van der Waals surface area contributed by atoms with Gasteiger partial charge in [0.25, 0.3) is 0 Å². The number of nitrogens with one attached hydrogen (secondary N) is 1. The molecular formula is C43H52N2O8. The number of hydrogen-bond donors (Lipinski definition) is 2. The zero-order chi connectivity index (χ0) is 38.8. The average Bonchev–Trinajstić information content (AvgIpc) is 3.10. The van der Waals surface area contributed by atoms with Crippen LogP contribution >= 0.6 is 0 Å². The van der Waals surface area contributed by atoms with Crippen LogP contribution in [-0.4, -0.2) is 53.8 Å². The summed E-state index contributed by atoms with van der Waals surface area (Å²) in [5.74, 6) is -2.89. The van der Waals surface area contributed by atoms with Crippen molar-refractivity contribution in [3.8, 4) is 23.3 Å². The molecule has 1 spiro atoms. The number of methoxy groups -OCH3 is 2. The number of fused-ring (bicyclic) bond motifs is 5. The van der Waals surface area contributed by atoms with Crippen molar-refractivity contribution in [3.63, 3.8) is 0 Å². The number of benzene rings is 1. The van der Waals surface area contributed by atoms with Gasteiger partial charge in [-0.05, 0) is 85.3 Å². The Hall–Kier alpha value is -4.62. The fraction of sp³-hybridized carbons (Fsp3) is 0.535. The number of carbonyl (C=O) groups is 2. The van der Waals surface area contributed by atoms with Gasteiger partial charge in [0.2, 0.25) is 5.90 Å². The second-order valence-electron chi connectivity index (χ2n) is 16.2. The number of esters is 1. The zero-order valence-electron chi connectivity index (χ0n) is 32.6. The zero-order valence-corrected chi connectivity index (χ0v) is 32.6. The molecule has 2 N–H and O–H groups in total. The Balaban J connectivity index is 1.71. The Bertz CT molecular complexity index is 1970. The first-order chi connectivity index (χ1) is 25.0. The monoisotopic (exact) mass is 724 g/mol. The molecule has 3 aliphatic carbocycles. The van der Waals surface area contributed by atoms with Crippen molar-refractivity contribution in [1.29, 1.82) is 10.7 Å². The molecule has 7 atom stereocenters. The Morgan fingerprint density at radius 3 is 2.42 bits per heavy atom. The maximum Gasteiger partial charge on any atom is 0.333 e. The molecule has 53 heavy (non-hydrogen) atoms. The topological polar surface area (TPSA) is 148 Å². The second-order valence-corrected chi connectivity index (χ2v) is 16.2. The number of ether oxygens (including phenoxy) is 5. The van der Waals surface area contributed by atoms with Crippen LogP contribution in [0.5, 0.6) is 17.2 Å². The summed E-state index contributed by atoms with van der Waals surface area (Å²) in [6.45, 7) is 15.9. The van der Waals surface area contributed by atoms with Crippen molar-refractivity contribution >= 4 is 29.5 Å². The number of allylic oxidation sites excluding steroid dienone is 4. The highest BCUT2D eigenvalue weighted by atomic mass is 16.5. The second kappa shape index (κ2) is 13.7. The smallest absolute Gasteiger partial charge is 0.333 e. The predicted octanol–water partition coefficient (Wildman–Crippen LogP) is 7.84. The molecule has 282 valence electrons. The lowest BCUT2D eigenvalue weighted by atomic mass is 9.43. The molecule has 1 aromatic carbocycles. The number of ketones is 1. The van der Waals surface area contributed by atoms with Crippen molar-refractivity contribution in [2.75, 3.05) is 14.2 Å². The van der Waals surface area contributed by atoms with E-state index in [2.05, 4.69) is 32.1 Å². The van der Waals surface area contributed by atoms with Crippen molar-refractivity contribution in [2.24, 2.45) is 29.6 Å². The van der Waals surface area contributed by atoms with Crippen LogP contribution in [0.1, 0.15) is 97.8 Å². The minimum atomic E-state index is -2.17. The van der Waals surface area contributed by atoms with E-state index in [4.69, 9.17) is 29.1 Å². The van der Waals surface area contributed by atoms with Crippen molar-refractivity contribution in [2.45, 2.75) is 104 Å². The molecule has 7 unspecified atom stereocenters. The summed E-state index contributed by atoms with van der Waals surface area (Å²) in [4.78, 5) is 27.4. The van der Waals surface area contributed by atoms with Gasteiger partial charge in [0, 0.05) is 40.9 Å². The highest BCUT2D eigenvalue weighted by Crippen LogP contribution is 2.69. The molecule has 0 aromatic heterocycles. The lowest BCUT2D eigenvalue weighted by Gasteiger charge is -2.66. The molecule has 2 bridgehead atoms. The summed E-state index contributed by atoms with van der Waals surface area (Å²) in [7, 11) is 2.84. The summed E-state index contributed by atoms with van der Waals surface area (Å²) >= 11 is 0. The van der Waals surface area contributed by atoms with Gasteiger partial charge in [-0.3, -0.25) is 10.2 Å². The molecule has 1 aromatic rings. The van der Waals surface area contributed by atoms with Gasteiger partial charge in [-0.15, -0.1) is 0 Å². The van der Waals surface area contributed by atoms with Crippen LogP contribution in [-0.2, 0) is 25.5 Å². The number of aliphatic hydroxyl groups is 1. The SMILES string of the molecule is COC(=O)C(C)=CCC1(O)C(=O)C2CC(C(C)C)C13Oc1c(CC=C(C)C)c4c(c(OC)c1C1=C3C2C(C#N)C(=N)O1)C=CC(C)(CCC=C(C)C)O4. The molecule has 6 aliphatic rings. The molecule has 7 rings (SSSR count). The first kappa shape index (κ1) is 38.1. The summed E-state index contributed by atoms with van der Waals surface area (Å²) in [5.41, 5.74) is 0.295. The number of carbonyl (C=O) groups excluding carboxylic acids is 2. The summed E-state index contributed by atoms with van der Waals surface area (Å²) in [6, 6.07) is 2.25. The lowest BCUT2D eigenvalue weighted by Crippen LogP contribution is -2.79. The standard InChI is InChI=1S/C43H52N2O8/c1-22(2)12-11-17-41(8)18-16-27-34(52-41)26(14-13-23(3)4)36-32(35(27)49-9)37-33-31(29(21-44)39(45)51-37)28-20-30(24(5)6)43(33,53-36)42(48,38(28)46)19-15-25(7)40(47)50-10/h12-13,15-16,18,24,28-31,45,48H,11,14,17,19-20H2,1-10H3. The molecule has 3 heterocycles. The van der Waals surface area contributed by atoms with Gasteiger partial charge < -0.3 is 28.8 Å². The Kier molecular flexibility index (Phi) is 9.82. The third-order valence-electron chi connectivity index (χ3n) is 11.8. The number of nitrogens with zero attached hydrogens (tertiary/aromatic N) is 1. The van der Waals surface area contributed by atoms with E-state index in [0.29, 0.717) is 58.8 Å². The van der Waals surface area contributed by atoms with E-state index in [1.165, 1.54) is 18.8 Å². The fourth-order valence-electron chi connectivity index (χ4n) is 9.23. The Labute approximate surface area is 312 Å². The number of nitriles is 1. The first-order valence-corrected chi connectivity index (χ1v) is 18.5. The van der Waals surface area contributed by atoms with Gasteiger partial charge in [-0.1, -0.05) is 43.2 Å². The molecule has 0 saturated heterocycles. The fourth-order valence-corrected chi connectivity index (χ4v) is 9.23. The van der Waals surface area contributed by atoms with Gasteiger partial charge in [-0.2, -0.15) is 5.26 Å². The van der Waals surface area contributed by atoms with E-state index in [0.717, 1.165) is 12.0 Å². The first-order valence-electron chi connectivity index (χ1n) is 18.5. The summed E-state index contributed by atoms with van der Waals surface area (Å²) in [5, 5.41) is 32.7.